The minimum absolute atomic E-state index is 0.0787. The van der Waals surface area contributed by atoms with Crippen molar-refractivity contribution in [3.63, 3.8) is 0 Å². The first-order valence-corrected chi connectivity index (χ1v) is 12.4. The Balaban J connectivity index is 2.46. The fourth-order valence-corrected chi connectivity index (χ4v) is 4.09. The summed E-state index contributed by atoms with van der Waals surface area (Å²) in [4.78, 5) is 26.9. The summed E-state index contributed by atoms with van der Waals surface area (Å²) in [5.74, 6) is -2.10. The van der Waals surface area contributed by atoms with Gasteiger partial charge in [0.25, 0.3) is 0 Å². The monoisotopic (exact) mass is 517 g/mol. The summed E-state index contributed by atoms with van der Waals surface area (Å²) in [6.07, 6.45) is -3.99. The number of carbonyl (C=O) groups is 2. The van der Waals surface area contributed by atoms with Gasteiger partial charge < -0.3 is 10.2 Å². The molecule has 0 saturated carbocycles. The van der Waals surface area contributed by atoms with Crippen LogP contribution in [0.25, 0.3) is 0 Å². The second kappa shape index (κ2) is 11.1. The lowest BCUT2D eigenvalue weighted by Crippen LogP contribution is -2.52. The van der Waals surface area contributed by atoms with Gasteiger partial charge in [-0.15, -0.1) is 0 Å². The first kappa shape index (κ1) is 28.1. The molecular formula is C23H27F4N3O4S. The minimum atomic E-state index is -4.73. The topological polar surface area (TPSA) is 86.8 Å². The molecule has 35 heavy (non-hydrogen) atoms. The molecule has 2 amide bonds. The van der Waals surface area contributed by atoms with Gasteiger partial charge in [0.2, 0.25) is 21.8 Å². The molecule has 0 heterocycles. The van der Waals surface area contributed by atoms with Crippen molar-refractivity contribution in [3.05, 3.63) is 65.5 Å². The first-order valence-electron chi connectivity index (χ1n) is 10.6. The number of anilines is 1. The van der Waals surface area contributed by atoms with Gasteiger partial charge in [0, 0.05) is 18.2 Å². The number of alkyl halides is 3. The summed E-state index contributed by atoms with van der Waals surface area (Å²) in [6.45, 7) is 3.54. The maximum absolute atomic E-state index is 14.3. The molecule has 192 valence electrons. The number of amides is 2. The van der Waals surface area contributed by atoms with E-state index in [-0.39, 0.29) is 23.8 Å². The Labute approximate surface area is 201 Å². The van der Waals surface area contributed by atoms with Gasteiger partial charge in [-0.2, -0.15) is 13.2 Å². The van der Waals surface area contributed by atoms with Crippen LogP contribution in [0.1, 0.15) is 31.9 Å². The van der Waals surface area contributed by atoms with E-state index < -0.39 is 52.0 Å². The molecule has 2 aromatic rings. The smallest absolute Gasteiger partial charge is 0.352 e. The Morgan fingerprint density at radius 1 is 1.03 bits per heavy atom. The number of rotatable bonds is 9. The number of hydrogen-bond acceptors (Lipinski definition) is 4. The molecule has 0 saturated heterocycles. The molecule has 0 radical (unpaired) electrons. The highest BCUT2D eigenvalue weighted by molar-refractivity contribution is 7.92. The quantitative estimate of drug-likeness (QED) is 0.516. The Bertz CT molecular complexity index is 1170. The number of hydrogen-bond donors (Lipinski definition) is 1. The summed E-state index contributed by atoms with van der Waals surface area (Å²) in [6, 6.07) is 7.69. The van der Waals surface area contributed by atoms with E-state index in [0.29, 0.717) is 10.4 Å². The molecular weight excluding hydrogens is 490 g/mol. The number of nitrogens with zero attached hydrogens (tertiary/aromatic N) is 2. The summed E-state index contributed by atoms with van der Waals surface area (Å²) >= 11 is 0. The zero-order chi connectivity index (χ0) is 26.6. The maximum Gasteiger partial charge on any atom is 0.416 e. The first-order chi connectivity index (χ1) is 16.1. The molecule has 2 rings (SSSR count). The maximum atomic E-state index is 14.3. The van der Waals surface area contributed by atoms with Crippen LogP contribution in [-0.2, 0) is 32.3 Å². The Morgan fingerprint density at radius 2 is 1.66 bits per heavy atom. The number of carbonyl (C=O) groups excluding carboxylic acids is 2. The van der Waals surface area contributed by atoms with Crippen LogP contribution in [0.2, 0.25) is 0 Å². The largest absolute Gasteiger partial charge is 0.416 e. The van der Waals surface area contributed by atoms with Crippen LogP contribution in [0.15, 0.2) is 48.5 Å². The molecule has 7 nitrogen and oxygen atoms in total. The molecule has 12 heteroatoms. The highest BCUT2D eigenvalue weighted by Gasteiger charge is 2.33. The van der Waals surface area contributed by atoms with Crippen LogP contribution in [-0.4, -0.2) is 50.0 Å². The molecule has 0 spiro atoms. The number of nitrogens with one attached hydrogen (secondary N) is 1. The van der Waals surface area contributed by atoms with Crippen molar-refractivity contribution in [2.24, 2.45) is 0 Å². The lowest BCUT2D eigenvalue weighted by molar-refractivity contribution is -0.139. The van der Waals surface area contributed by atoms with Gasteiger partial charge in [0.05, 0.1) is 17.5 Å². The molecule has 0 aliphatic carbocycles. The van der Waals surface area contributed by atoms with Crippen molar-refractivity contribution >= 4 is 27.5 Å². The lowest BCUT2D eigenvalue weighted by Gasteiger charge is -2.32. The van der Waals surface area contributed by atoms with Crippen molar-refractivity contribution in [3.8, 4) is 0 Å². The standard InChI is InChI=1S/C23H27F4N3O4S/c1-15(2)28-22(32)16(3)29(13-17-8-5-6-11-20(17)24)21(31)14-30(35(4,33)34)19-10-7-9-18(12-19)23(25,26)27/h5-12,15-16H,13-14H2,1-4H3,(H,28,32)/t16-/m0/s1. The van der Waals surface area contributed by atoms with E-state index in [4.69, 9.17) is 0 Å². The predicted molar refractivity (Wildman–Crippen MR) is 123 cm³/mol. The van der Waals surface area contributed by atoms with Crippen LogP contribution in [0.3, 0.4) is 0 Å². The van der Waals surface area contributed by atoms with Gasteiger partial charge in [-0.3, -0.25) is 13.9 Å². The molecule has 0 unspecified atom stereocenters. The molecule has 0 bridgehead atoms. The Hall–Kier alpha value is -3.15. The van der Waals surface area contributed by atoms with Crippen LogP contribution >= 0.6 is 0 Å². The molecule has 1 atom stereocenters. The van der Waals surface area contributed by atoms with E-state index in [1.54, 1.807) is 13.8 Å². The van der Waals surface area contributed by atoms with E-state index in [1.165, 1.54) is 31.2 Å². The summed E-state index contributed by atoms with van der Waals surface area (Å²) < 4.78 is 79.2. The van der Waals surface area contributed by atoms with Crippen molar-refractivity contribution < 1.29 is 35.6 Å². The van der Waals surface area contributed by atoms with Crippen LogP contribution in [0.4, 0.5) is 23.2 Å². The van der Waals surface area contributed by atoms with Gasteiger partial charge in [-0.05, 0) is 45.0 Å². The average Bonchev–Trinajstić information content (AvgIpc) is 2.74. The van der Waals surface area contributed by atoms with Gasteiger partial charge in [-0.1, -0.05) is 24.3 Å². The molecule has 2 aromatic carbocycles. The molecule has 1 N–H and O–H groups in total. The average molecular weight is 518 g/mol. The van der Waals surface area contributed by atoms with Crippen LogP contribution < -0.4 is 9.62 Å². The van der Waals surface area contributed by atoms with Crippen LogP contribution in [0, 0.1) is 5.82 Å². The fourth-order valence-electron chi connectivity index (χ4n) is 3.25. The number of halogens is 4. The Morgan fingerprint density at radius 3 is 2.20 bits per heavy atom. The second-order valence-electron chi connectivity index (χ2n) is 8.27. The third-order valence-electron chi connectivity index (χ3n) is 5.04. The number of sulfonamides is 1. The SMILES string of the molecule is CC(C)NC(=O)[C@H](C)N(Cc1ccccc1F)C(=O)CN(c1cccc(C(F)(F)F)c1)S(C)(=O)=O. The van der Waals surface area contributed by atoms with Gasteiger partial charge in [0.15, 0.2) is 0 Å². The van der Waals surface area contributed by atoms with E-state index >= 15 is 0 Å². The van der Waals surface area contributed by atoms with Gasteiger partial charge in [-0.25, -0.2) is 12.8 Å². The predicted octanol–water partition coefficient (Wildman–Crippen LogP) is 3.55. The van der Waals surface area contributed by atoms with E-state index in [9.17, 15) is 35.6 Å². The van der Waals surface area contributed by atoms with Gasteiger partial charge in [0.1, 0.15) is 18.4 Å². The Kier molecular flexibility index (Phi) is 8.88. The van der Waals surface area contributed by atoms with E-state index in [2.05, 4.69) is 5.32 Å². The van der Waals surface area contributed by atoms with Gasteiger partial charge >= 0.3 is 6.18 Å². The molecule has 0 aliphatic rings. The van der Waals surface area contributed by atoms with Crippen molar-refractivity contribution in [2.75, 3.05) is 17.1 Å². The summed E-state index contributed by atoms with van der Waals surface area (Å²) in [5.41, 5.74) is -1.39. The molecule has 0 aliphatic heterocycles. The zero-order valence-corrected chi connectivity index (χ0v) is 20.5. The normalized spacial score (nSPS) is 12.8. The zero-order valence-electron chi connectivity index (χ0n) is 19.6. The highest BCUT2D eigenvalue weighted by Crippen LogP contribution is 2.32. The fraction of sp³-hybridized carbons (Fsp3) is 0.391. The second-order valence-corrected chi connectivity index (χ2v) is 10.2. The third kappa shape index (κ3) is 7.67. The summed E-state index contributed by atoms with van der Waals surface area (Å²) in [5, 5.41) is 2.63. The third-order valence-corrected chi connectivity index (χ3v) is 6.18. The van der Waals surface area contributed by atoms with E-state index in [1.807, 2.05) is 0 Å². The molecule has 0 fully saturated rings. The van der Waals surface area contributed by atoms with E-state index in [0.717, 1.165) is 29.4 Å². The van der Waals surface area contributed by atoms with Crippen molar-refractivity contribution in [1.29, 1.82) is 0 Å². The highest BCUT2D eigenvalue weighted by atomic mass is 32.2. The summed E-state index contributed by atoms with van der Waals surface area (Å²) in [7, 11) is -4.21. The van der Waals surface area contributed by atoms with Crippen molar-refractivity contribution in [1.82, 2.24) is 10.2 Å². The number of benzene rings is 2. The lowest BCUT2D eigenvalue weighted by atomic mass is 10.1. The minimum Gasteiger partial charge on any atom is -0.352 e. The van der Waals surface area contributed by atoms with Crippen LogP contribution in [0.5, 0.6) is 0 Å². The molecule has 0 aromatic heterocycles. The van der Waals surface area contributed by atoms with Crippen molar-refractivity contribution in [2.45, 2.75) is 45.6 Å².